The van der Waals surface area contributed by atoms with E-state index in [4.69, 9.17) is 14.2 Å². The Labute approximate surface area is 192 Å². The first-order chi connectivity index (χ1) is 14.5. The van der Waals surface area contributed by atoms with Gasteiger partial charge in [-0.2, -0.15) is 0 Å². The SMILES string of the molecule is CCOc1cc(C(CC(C)(C)C)C(C)(C)C)ccc1OC(C)OCCC1CCCCC1. The van der Waals surface area contributed by atoms with Gasteiger partial charge < -0.3 is 14.2 Å². The summed E-state index contributed by atoms with van der Waals surface area (Å²) in [5, 5.41) is 0. The average molecular weight is 433 g/mol. The molecule has 0 bridgehead atoms. The maximum atomic E-state index is 6.16. The Morgan fingerprint density at radius 3 is 2.23 bits per heavy atom. The molecule has 0 radical (unpaired) electrons. The van der Waals surface area contributed by atoms with Crippen LogP contribution in [-0.2, 0) is 4.74 Å². The zero-order chi connectivity index (χ0) is 23.1. The smallest absolute Gasteiger partial charge is 0.197 e. The van der Waals surface area contributed by atoms with Crippen LogP contribution in [-0.4, -0.2) is 19.5 Å². The minimum absolute atomic E-state index is 0.175. The second-order valence-electron chi connectivity index (χ2n) is 11.7. The van der Waals surface area contributed by atoms with Crippen molar-refractivity contribution in [2.75, 3.05) is 13.2 Å². The molecule has 178 valence electrons. The highest BCUT2D eigenvalue weighted by Gasteiger charge is 2.31. The van der Waals surface area contributed by atoms with E-state index in [1.807, 2.05) is 13.8 Å². The van der Waals surface area contributed by atoms with E-state index in [2.05, 4.69) is 59.7 Å². The minimum atomic E-state index is -0.276. The van der Waals surface area contributed by atoms with Crippen molar-refractivity contribution in [2.45, 2.75) is 113 Å². The molecule has 1 aromatic carbocycles. The molecule has 0 N–H and O–H groups in total. The van der Waals surface area contributed by atoms with E-state index in [0.29, 0.717) is 12.5 Å². The predicted octanol–water partition coefficient (Wildman–Crippen LogP) is 8.36. The van der Waals surface area contributed by atoms with Gasteiger partial charge in [-0.3, -0.25) is 0 Å². The summed E-state index contributed by atoms with van der Waals surface area (Å²) in [4.78, 5) is 0. The Hall–Kier alpha value is -1.22. The van der Waals surface area contributed by atoms with Crippen LogP contribution in [0.4, 0.5) is 0 Å². The van der Waals surface area contributed by atoms with Gasteiger partial charge in [-0.25, -0.2) is 0 Å². The van der Waals surface area contributed by atoms with Crippen LogP contribution >= 0.6 is 0 Å². The van der Waals surface area contributed by atoms with E-state index in [1.54, 1.807) is 0 Å². The van der Waals surface area contributed by atoms with Gasteiger partial charge in [0.15, 0.2) is 17.8 Å². The van der Waals surface area contributed by atoms with Crippen molar-refractivity contribution in [3.8, 4) is 11.5 Å². The molecule has 3 nitrogen and oxygen atoms in total. The summed E-state index contributed by atoms with van der Waals surface area (Å²) in [5.74, 6) is 2.88. The molecule has 2 unspecified atom stereocenters. The maximum Gasteiger partial charge on any atom is 0.197 e. The topological polar surface area (TPSA) is 27.7 Å². The summed E-state index contributed by atoms with van der Waals surface area (Å²) in [6.07, 6.45) is 8.88. The zero-order valence-corrected chi connectivity index (χ0v) is 21.6. The van der Waals surface area contributed by atoms with Crippen molar-refractivity contribution < 1.29 is 14.2 Å². The van der Waals surface area contributed by atoms with Crippen molar-refractivity contribution in [1.29, 1.82) is 0 Å². The third-order valence-electron chi connectivity index (χ3n) is 6.43. The fraction of sp³-hybridized carbons (Fsp3) is 0.786. The third kappa shape index (κ3) is 9.04. The largest absolute Gasteiger partial charge is 0.490 e. The number of benzene rings is 1. The summed E-state index contributed by atoms with van der Waals surface area (Å²) in [6.45, 7) is 19.3. The highest BCUT2D eigenvalue weighted by atomic mass is 16.7. The van der Waals surface area contributed by atoms with Gasteiger partial charge in [0, 0.05) is 0 Å². The standard InChI is InChI=1S/C28H48O3/c1-9-29-26-19-23(24(28(6,7)8)20-27(3,4)5)15-16-25(26)31-21(2)30-18-17-22-13-11-10-12-14-22/h15-16,19,21-22,24H,9-14,17-18,20H2,1-8H3. The Balaban J connectivity index is 2.05. The lowest BCUT2D eigenvalue weighted by Gasteiger charge is -2.36. The van der Waals surface area contributed by atoms with E-state index < -0.39 is 0 Å². The maximum absolute atomic E-state index is 6.16. The molecule has 1 aromatic rings. The van der Waals surface area contributed by atoms with E-state index in [-0.39, 0.29) is 17.1 Å². The molecule has 1 aliphatic carbocycles. The quantitative estimate of drug-likeness (QED) is 0.348. The fourth-order valence-corrected chi connectivity index (χ4v) is 4.73. The van der Waals surface area contributed by atoms with Crippen LogP contribution in [0.3, 0.4) is 0 Å². The predicted molar refractivity (Wildman–Crippen MR) is 131 cm³/mol. The highest BCUT2D eigenvalue weighted by molar-refractivity contribution is 5.44. The first kappa shape index (κ1) is 26.0. The first-order valence-electron chi connectivity index (χ1n) is 12.5. The van der Waals surface area contributed by atoms with Crippen LogP contribution in [0, 0.1) is 16.7 Å². The fourth-order valence-electron chi connectivity index (χ4n) is 4.73. The lowest BCUT2D eigenvalue weighted by Crippen LogP contribution is -2.24. The first-order valence-corrected chi connectivity index (χ1v) is 12.5. The molecule has 0 aromatic heterocycles. The van der Waals surface area contributed by atoms with E-state index >= 15 is 0 Å². The van der Waals surface area contributed by atoms with E-state index in [0.717, 1.165) is 36.9 Å². The Bertz CT molecular complexity index is 647. The van der Waals surface area contributed by atoms with Gasteiger partial charge in [0.05, 0.1) is 13.2 Å². The van der Waals surface area contributed by atoms with Crippen molar-refractivity contribution >= 4 is 0 Å². The molecule has 0 amide bonds. The van der Waals surface area contributed by atoms with Crippen LogP contribution in [0.1, 0.15) is 112 Å². The van der Waals surface area contributed by atoms with Gasteiger partial charge in [-0.1, -0.05) is 79.7 Å². The second-order valence-corrected chi connectivity index (χ2v) is 11.7. The molecule has 1 saturated carbocycles. The molecule has 0 heterocycles. The number of hydrogen-bond acceptors (Lipinski definition) is 3. The van der Waals surface area contributed by atoms with E-state index in [1.165, 1.54) is 37.7 Å². The molecule has 0 aliphatic heterocycles. The summed E-state index contributed by atoms with van der Waals surface area (Å²) in [5.41, 5.74) is 1.76. The van der Waals surface area contributed by atoms with Crippen molar-refractivity contribution in [3.05, 3.63) is 23.8 Å². The third-order valence-corrected chi connectivity index (χ3v) is 6.43. The normalized spacial score (nSPS) is 17.9. The van der Waals surface area contributed by atoms with E-state index in [9.17, 15) is 0 Å². The minimum Gasteiger partial charge on any atom is -0.490 e. The zero-order valence-electron chi connectivity index (χ0n) is 21.6. The van der Waals surface area contributed by atoms with Gasteiger partial charge >= 0.3 is 0 Å². The van der Waals surface area contributed by atoms with Crippen molar-refractivity contribution in [1.82, 2.24) is 0 Å². The molecule has 2 rings (SSSR count). The number of ether oxygens (including phenoxy) is 3. The highest BCUT2D eigenvalue weighted by Crippen LogP contribution is 2.45. The molecular weight excluding hydrogens is 384 g/mol. The molecule has 1 aliphatic rings. The van der Waals surface area contributed by atoms with Crippen LogP contribution in [0.2, 0.25) is 0 Å². The Morgan fingerprint density at radius 1 is 0.968 bits per heavy atom. The molecule has 1 fully saturated rings. The van der Waals surface area contributed by atoms with Gasteiger partial charge in [0.1, 0.15) is 0 Å². The van der Waals surface area contributed by atoms with Crippen molar-refractivity contribution in [2.24, 2.45) is 16.7 Å². The Kier molecular flexibility index (Phi) is 9.73. The number of rotatable bonds is 10. The van der Waals surface area contributed by atoms with Crippen LogP contribution in [0.15, 0.2) is 18.2 Å². The monoisotopic (exact) mass is 432 g/mol. The van der Waals surface area contributed by atoms with Crippen LogP contribution in [0.25, 0.3) is 0 Å². The summed E-state index contributed by atoms with van der Waals surface area (Å²) in [6, 6.07) is 6.48. The second kappa shape index (κ2) is 11.6. The molecule has 0 saturated heterocycles. The van der Waals surface area contributed by atoms with Gasteiger partial charge in [0.2, 0.25) is 0 Å². The molecule has 31 heavy (non-hydrogen) atoms. The van der Waals surface area contributed by atoms with Crippen LogP contribution in [0.5, 0.6) is 11.5 Å². The molecule has 3 heteroatoms. The lowest BCUT2D eigenvalue weighted by atomic mass is 9.69. The molecular formula is C28H48O3. The van der Waals surface area contributed by atoms with Gasteiger partial charge in [-0.05, 0) is 67.1 Å². The van der Waals surface area contributed by atoms with Crippen molar-refractivity contribution in [3.63, 3.8) is 0 Å². The average Bonchev–Trinajstić information content (AvgIpc) is 2.67. The Morgan fingerprint density at radius 2 is 1.65 bits per heavy atom. The van der Waals surface area contributed by atoms with Crippen LogP contribution < -0.4 is 9.47 Å². The number of hydrogen-bond donors (Lipinski definition) is 0. The lowest BCUT2D eigenvalue weighted by molar-refractivity contribution is -0.0722. The summed E-state index contributed by atoms with van der Waals surface area (Å²) >= 11 is 0. The molecule has 2 atom stereocenters. The summed E-state index contributed by atoms with van der Waals surface area (Å²) in [7, 11) is 0. The summed E-state index contributed by atoms with van der Waals surface area (Å²) < 4.78 is 18.2. The van der Waals surface area contributed by atoms with Gasteiger partial charge in [-0.15, -0.1) is 0 Å². The van der Waals surface area contributed by atoms with Gasteiger partial charge in [0.25, 0.3) is 0 Å². The molecule has 0 spiro atoms.